The van der Waals surface area contributed by atoms with Crippen molar-refractivity contribution in [2.45, 2.75) is 32.5 Å². The van der Waals surface area contributed by atoms with Crippen molar-refractivity contribution in [1.29, 1.82) is 0 Å². The fourth-order valence-electron chi connectivity index (χ4n) is 2.05. The summed E-state index contributed by atoms with van der Waals surface area (Å²) < 4.78 is 31.3. The molecule has 2 N–H and O–H groups in total. The Bertz CT molecular complexity index is 506. The largest absolute Gasteiger partial charge is 0.394 e. The van der Waals surface area contributed by atoms with E-state index < -0.39 is 23.3 Å². The van der Waals surface area contributed by atoms with Gasteiger partial charge in [-0.15, -0.1) is 0 Å². The Kier molecular flexibility index (Phi) is 5.39. The number of aliphatic hydroxyl groups excluding tert-OH is 1. The Balaban J connectivity index is 3.25. The van der Waals surface area contributed by atoms with Gasteiger partial charge in [-0.2, -0.15) is 0 Å². The minimum atomic E-state index is -1.42. The predicted molar refractivity (Wildman–Crippen MR) is 73.1 cm³/mol. The topological polar surface area (TPSA) is 49.7 Å². The molecule has 1 rings (SSSR count). The van der Waals surface area contributed by atoms with Gasteiger partial charge < -0.3 is 14.9 Å². The average Bonchev–Trinajstić information content (AvgIpc) is 2.41. The van der Waals surface area contributed by atoms with Crippen LogP contribution in [0.3, 0.4) is 0 Å². The van der Waals surface area contributed by atoms with Gasteiger partial charge in [0.05, 0.1) is 6.61 Å². The average molecular weight is 286 g/mol. The lowest BCUT2D eigenvalue weighted by Gasteiger charge is -2.33. The number of ether oxygens (including phenoxy) is 1. The highest BCUT2D eigenvalue weighted by Crippen LogP contribution is 2.30. The third-order valence-corrected chi connectivity index (χ3v) is 3.75. The van der Waals surface area contributed by atoms with Crippen LogP contribution in [0.5, 0.6) is 0 Å². The summed E-state index contributed by atoms with van der Waals surface area (Å²) in [6.45, 7) is 4.51. The molecule has 2 unspecified atom stereocenters. The van der Waals surface area contributed by atoms with Gasteiger partial charge in [-0.05, 0) is 49.6 Å². The van der Waals surface area contributed by atoms with Gasteiger partial charge in [-0.25, -0.2) is 8.78 Å². The van der Waals surface area contributed by atoms with E-state index in [1.807, 2.05) is 0 Å². The monoisotopic (exact) mass is 286 g/mol. The normalized spacial score (nSPS) is 17.4. The molecular formula is C15H20F2O3. The van der Waals surface area contributed by atoms with E-state index in [0.29, 0.717) is 16.7 Å². The molecule has 0 amide bonds. The first-order valence-corrected chi connectivity index (χ1v) is 6.25. The molecule has 20 heavy (non-hydrogen) atoms. The van der Waals surface area contributed by atoms with Crippen molar-refractivity contribution < 1.29 is 23.7 Å². The zero-order valence-corrected chi connectivity index (χ0v) is 12.1. The summed E-state index contributed by atoms with van der Waals surface area (Å²) >= 11 is 0. The van der Waals surface area contributed by atoms with Gasteiger partial charge in [-0.3, -0.25) is 0 Å². The van der Waals surface area contributed by atoms with Crippen LogP contribution in [-0.4, -0.2) is 35.6 Å². The minimum absolute atomic E-state index is 0.355. The van der Waals surface area contributed by atoms with Crippen LogP contribution in [0.1, 0.15) is 26.3 Å². The number of benzene rings is 1. The Morgan fingerprint density at radius 2 is 1.90 bits per heavy atom. The Morgan fingerprint density at radius 1 is 1.30 bits per heavy atom. The molecule has 0 aliphatic rings. The number of rotatable bonds is 5. The van der Waals surface area contributed by atoms with Gasteiger partial charge in [0.15, 0.2) is 11.6 Å². The lowest BCUT2D eigenvalue weighted by Crippen LogP contribution is -2.44. The van der Waals surface area contributed by atoms with Gasteiger partial charge >= 0.3 is 0 Å². The van der Waals surface area contributed by atoms with Gasteiger partial charge in [0.1, 0.15) is 11.7 Å². The number of hydrogen-bond acceptors (Lipinski definition) is 3. The number of hydrogen-bond donors (Lipinski definition) is 2. The maximum atomic E-state index is 13.3. The van der Waals surface area contributed by atoms with Crippen LogP contribution in [0.15, 0.2) is 23.8 Å². The van der Waals surface area contributed by atoms with E-state index in [4.69, 9.17) is 4.74 Å². The molecule has 0 fully saturated rings. The molecule has 0 spiro atoms. The first-order valence-electron chi connectivity index (χ1n) is 6.25. The van der Waals surface area contributed by atoms with E-state index in [9.17, 15) is 19.0 Å². The SMILES string of the molecule is COC(CO)C(C)(O)/C(C)=C(/C)c1ccc(F)c(F)c1. The second-order valence-electron chi connectivity index (χ2n) is 4.93. The molecule has 0 heterocycles. The standard InChI is InChI=1S/C15H20F2O3/c1-9(11-5-6-12(16)13(17)7-11)10(2)15(3,19)14(8-18)20-4/h5-7,14,18-19H,8H2,1-4H3/b10-9-. The molecule has 0 aromatic heterocycles. The van der Waals surface area contributed by atoms with E-state index in [1.54, 1.807) is 13.8 Å². The van der Waals surface area contributed by atoms with E-state index >= 15 is 0 Å². The van der Waals surface area contributed by atoms with E-state index in [0.717, 1.165) is 12.1 Å². The van der Waals surface area contributed by atoms with Gasteiger partial charge in [-0.1, -0.05) is 6.07 Å². The molecule has 0 bridgehead atoms. The molecule has 3 nitrogen and oxygen atoms in total. The van der Waals surface area contributed by atoms with Crippen LogP contribution in [0, 0.1) is 11.6 Å². The zero-order valence-electron chi connectivity index (χ0n) is 12.1. The maximum Gasteiger partial charge on any atom is 0.159 e. The van der Waals surface area contributed by atoms with Crippen molar-refractivity contribution >= 4 is 5.57 Å². The smallest absolute Gasteiger partial charge is 0.159 e. The third-order valence-electron chi connectivity index (χ3n) is 3.75. The summed E-state index contributed by atoms with van der Waals surface area (Å²) in [5, 5.41) is 19.7. The molecule has 0 saturated heterocycles. The van der Waals surface area contributed by atoms with Crippen molar-refractivity contribution in [3.63, 3.8) is 0 Å². The molecule has 0 radical (unpaired) electrons. The summed E-state index contributed by atoms with van der Waals surface area (Å²) in [7, 11) is 1.38. The first-order chi connectivity index (χ1) is 9.25. The van der Waals surface area contributed by atoms with Gasteiger partial charge in [0.25, 0.3) is 0 Å². The summed E-state index contributed by atoms with van der Waals surface area (Å²) in [5.74, 6) is -1.86. The summed E-state index contributed by atoms with van der Waals surface area (Å²) in [5.41, 5.74) is 0.168. The summed E-state index contributed by atoms with van der Waals surface area (Å²) in [4.78, 5) is 0. The Morgan fingerprint density at radius 3 is 2.35 bits per heavy atom. The second kappa shape index (κ2) is 6.43. The van der Waals surface area contributed by atoms with Crippen LogP contribution in [0.4, 0.5) is 8.78 Å². The Hall–Kier alpha value is -1.30. The predicted octanol–water partition coefficient (Wildman–Crippen LogP) is 2.52. The molecule has 0 aliphatic heterocycles. The van der Waals surface area contributed by atoms with Crippen molar-refractivity contribution in [3.05, 3.63) is 41.0 Å². The highest BCUT2D eigenvalue weighted by molar-refractivity contribution is 5.68. The number of allylic oxidation sites excluding steroid dienone is 1. The fourth-order valence-corrected chi connectivity index (χ4v) is 2.05. The maximum absolute atomic E-state index is 13.3. The minimum Gasteiger partial charge on any atom is -0.394 e. The van der Waals surface area contributed by atoms with E-state index in [-0.39, 0.29) is 6.61 Å². The Labute approximate surface area is 117 Å². The van der Waals surface area contributed by atoms with Crippen LogP contribution in [0.2, 0.25) is 0 Å². The van der Waals surface area contributed by atoms with E-state index in [1.165, 1.54) is 20.1 Å². The lowest BCUT2D eigenvalue weighted by molar-refractivity contribution is -0.0803. The summed E-state index contributed by atoms with van der Waals surface area (Å²) in [6, 6.07) is 3.55. The van der Waals surface area contributed by atoms with Crippen LogP contribution in [0.25, 0.3) is 5.57 Å². The van der Waals surface area contributed by atoms with Gasteiger partial charge in [0.2, 0.25) is 0 Å². The van der Waals surface area contributed by atoms with Gasteiger partial charge in [0, 0.05) is 7.11 Å². The molecule has 0 aliphatic carbocycles. The molecule has 2 atom stereocenters. The summed E-state index contributed by atoms with van der Waals surface area (Å²) in [6.07, 6.45) is -0.803. The highest BCUT2D eigenvalue weighted by Gasteiger charge is 2.34. The second-order valence-corrected chi connectivity index (χ2v) is 4.93. The first kappa shape index (κ1) is 16.8. The van der Waals surface area contributed by atoms with Crippen molar-refractivity contribution in [2.75, 3.05) is 13.7 Å². The van der Waals surface area contributed by atoms with Crippen molar-refractivity contribution in [2.24, 2.45) is 0 Å². The highest BCUT2D eigenvalue weighted by atomic mass is 19.2. The molecule has 112 valence electrons. The number of halogens is 2. The molecule has 1 aromatic carbocycles. The van der Waals surface area contributed by atoms with E-state index in [2.05, 4.69) is 0 Å². The quantitative estimate of drug-likeness (QED) is 0.874. The van der Waals surface area contributed by atoms with Crippen molar-refractivity contribution in [1.82, 2.24) is 0 Å². The third kappa shape index (κ3) is 3.23. The van der Waals surface area contributed by atoms with Crippen LogP contribution < -0.4 is 0 Å². The van der Waals surface area contributed by atoms with Crippen LogP contribution >= 0.6 is 0 Å². The molecule has 0 saturated carbocycles. The number of aliphatic hydroxyl groups is 2. The number of methoxy groups -OCH3 is 1. The zero-order chi connectivity index (χ0) is 15.5. The molecule has 1 aromatic rings. The van der Waals surface area contributed by atoms with Crippen molar-refractivity contribution in [3.8, 4) is 0 Å². The lowest BCUT2D eigenvalue weighted by atomic mass is 9.86. The fraction of sp³-hybridized carbons (Fsp3) is 0.467. The molecular weight excluding hydrogens is 266 g/mol. The molecule has 5 heteroatoms. The van der Waals surface area contributed by atoms with Crippen LogP contribution in [-0.2, 0) is 4.74 Å².